The molecule has 198 valence electrons. The number of halogens is 5. The average Bonchev–Trinajstić information content (AvgIpc) is 2.82. The number of likely N-dealkylation sites (N-methyl/N-ethyl adjacent to an activating group) is 1. The summed E-state index contributed by atoms with van der Waals surface area (Å²) in [6.45, 7) is 1.78. The van der Waals surface area contributed by atoms with Crippen molar-refractivity contribution in [3.8, 4) is 5.75 Å². The summed E-state index contributed by atoms with van der Waals surface area (Å²) in [6.07, 6.45) is -5.26. The molecule has 0 spiro atoms. The van der Waals surface area contributed by atoms with Gasteiger partial charge in [0.1, 0.15) is 11.8 Å². The quantitative estimate of drug-likeness (QED) is 0.522. The van der Waals surface area contributed by atoms with Gasteiger partial charge >= 0.3 is 6.36 Å². The molecule has 7 nitrogen and oxygen atoms in total. The van der Waals surface area contributed by atoms with E-state index in [2.05, 4.69) is 10.1 Å². The molecule has 1 N–H and O–H groups in total. The number of amides is 1. The van der Waals surface area contributed by atoms with Crippen LogP contribution in [-0.4, -0.2) is 62.6 Å². The fraction of sp³-hybridized carbons (Fsp3) is 0.435. The predicted molar refractivity (Wildman–Crippen MR) is 121 cm³/mol. The van der Waals surface area contributed by atoms with Gasteiger partial charge in [0.05, 0.1) is 4.90 Å². The highest BCUT2D eigenvalue weighted by atomic mass is 32.2. The van der Waals surface area contributed by atoms with E-state index < -0.39 is 40.0 Å². The summed E-state index contributed by atoms with van der Waals surface area (Å²) < 4.78 is 96.0. The monoisotopic (exact) mass is 535 g/mol. The number of carbonyl (C=O) groups is 1. The molecule has 1 saturated heterocycles. The van der Waals surface area contributed by atoms with Crippen LogP contribution in [0.1, 0.15) is 24.5 Å². The van der Waals surface area contributed by atoms with E-state index >= 15 is 0 Å². The van der Waals surface area contributed by atoms with Crippen LogP contribution in [0, 0.1) is 0 Å². The van der Waals surface area contributed by atoms with Crippen molar-refractivity contribution in [3.63, 3.8) is 0 Å². The normalized spacial score (nSPS) is 18.1. The number of hydrogen-bond acceptors (Lipinski definition) is 5. The zero-order valence-electron chi connectivity index (χ0n) is 19.6. The average molecular weight is 536 g/mol. The van der Waals surface area contributed by atoms with Gasteiger partial charge in [-0.3, -0.25) is 4.79 Å². The Morgan fingerprint density at radius 1 is 1.03 bits per heavy atom. The number of ether oxygens (including phenoxy) is 1. The van der Waals surface area contributed by atoms with E-state index in [9.17, 15) is 35.2 Å². The first-order valence-corrected chi connectivity index (χ1v) is 12.5. The van der Waals surface area contributed by atoms with Gasteiger partial charge in [0.2, 0.25) is 15.9 Å². The Morgan fingerprint density at radius 3 is 2.19 bits per heavy atom. The number of nitrogens with zero attached hydrogens (tertiary/aromatic N) is 2. The van der Waals surface area contributed by atoms with E-state index in [1.54, 1.807) is 11.9 Å². The maximum Gasteiger partial charge on any atom is 0.573 e. The summed E-state index contributed by atoms with van der Waals surface area (Å²) in [5, 5.41) is 2.65. The minimum atomic E-state index is -4.92. The minimum absolute atomic E-state index is 0.00557. The molecule has 2 aromatic carbocycles. The van der Waals surface area contributed by atoms with E-state index in [-0.39, 0.29) is 36.5 Å². The highest BCUT2D eigenvalue weighted by Crippen LogP contribution is 2.31. The molecule has 0 saturated carbocycles. The maximum atomic E-state index is 13.8. The molecule has 1 heterocycles. The van der Waals surface area contributed by atoms with Crippen LogP contribution in [-0.2, 0) is 27.3 Å². The van der Waals surface area contributed by atoms with Crippen molar-refractivity contribution in [3.05, 3.63) is 59.7 Å². The van der Waals surface area contributed by atoms with E-state index in [1.807, 2.05) is 0 Å². The van der Waals surface area contributed by atoms with Crippen LogP contribution in [0.25, 0.3) is 0 Å². The van der Waals surface area contributed by atoms with E-state index in [0.29, 0.717) is 12.1 Å². The third kappa shape index (κ3) is 6.71. The van der Waals surface area contributed by atoms with Crippen molar-refractivity contribution in [1.82, 2.24) is 14.5 Å². The first-order chi connectivity index (χ1) is 16.7. The molecule has 1 fully saturated rings. The van der Waals surface area contributed by atoms with E-state index in [0.717, 1.165) is 28.6 Å². The van der Waals surface area contributed by atoms with Gasteiger partial charge in [0.25, 0.3) is 5.92 Å². The molecule has 13 heteroatoms. The third-order valence-electron chi connectivity index (χ3n) is 5.79. The highest BCUT2D eigenvalue weighted by molar-refractivity contribution is 7.89. The molecular weight excluding hydrogens is 509 g/mol. The minimum Gasteiger partial charge on any atom is -0.406 e. The van der Waals surface area contributed by atoms with Crippen molar-refractivity contribution in [1.29, 1.82) is 0 Å². The Balaban J connectivity index is 1.73. The molecule has 36 heavy (non-hydrogen) atoms. The lowest BCUT2D eigenvalue weighted by Crippen LogP contribution is -2.59. The van der Waals surface area contributed by atoms with Crippen LogP contribution in [0.2, 0.25) is 0 Å². The topological polar surface area (TPSA) is 79.0 Å². The predicted octanol–water partition coefficient (Wildman–Crippen LogP) is 3.71. The lowest BCUT2D eigenvalue weighted by atomic mass is 10.0. The van der Waals surface area contributed by atoms with Gasteiger partial charge in [0, 0.05) is 38.2 Å². The molecular formula is C23H26F5N3O4S. The fourth-order valence-corrected chi connectivity index (χ4v) is 5.30. The SMILES string of the molecule is CCC(F)(F)c1ccc(CNC(=O)[C@H]2CN(C)CCN2S(=O)(=O)c2ccc(OC(F)(F)F)cc2)cc1. The molecule has 1 aliphatic rings. The van der Waals surface area contributed by atoms with Gasteiger partial charge in [-0.05, 0) is 36.9 Å². The first kappa shape index (κ1) is 27.8. The lowest BCUT2D eigenvalue weighted by Gasteiger charge is -2.38. The molecule has 0 aliphatic carbocycles. The summed E-state index contributed by atoms with van der Waals surface area (Å²) in [5.41, 5.74) is 0.413. The van der Waals surface area contributed by atoms with Crippen LogP contribution in [0.5, 0.6) is 5.75 Å². The second-order valence-electron chi connectivity index (χ2n) is 8.39. The number of hydrogen-bond donors (Lipinski definition) is 1. The van der Waals surface area contributed by atoms with Gasteiger partial charge in [-0.2, -0.15) is 4.31 Å². The van der Waals surface area contributed by atoms with Gasteiger partial charge in [-0.1, -0.05) is 31.2 Å². The van der Waals surface area contributed by atoms with Gasteiger partial charge < -0.3 is 15.0 Å². The zero-order chi connectivity index (χ0) is 26.7. The van der Waals surface area contributed by atoms with Crippen molar-refractivity contribution in [2.24, 2.45) is 0 Å². The molecule has 0 aromatic heterocycles. The number of sulfonamides is 1. The summed E-state index contributed by atoms with van der Waals surface area (Å²) in [5.74, 6) is -4.12. The molecule has 0 bridgehead atoms. The Hall–Kier alpha value is -2.77. The van der Waals surface area contributed by atoms with E-state index in [4.69, 9.17) is 0 Å². The van der Waals surface area contributed by atoms with Crippen LogP contribution < -0.4 is 10.1 Å². The second kappa shape index (κ2) is 10.7. The number of rotatable bonds is 8. The van der Waals surface area contributed by atoms with Crippen LogP contribution in [0.4, 0.5) is 22.0 Å². The maximum absolute atomic E-state index is 13.8. The number of carbonyl (C=O) groups excluding carboxylic acids is 1. The Morgan fingerprint density at radius 2 is 1.64 bits per heavy atom. The highest BCUT2D eigenvalue weighted by Gasteiger charge is 2.39. The summed E-state index contributed by atoms with van der Waals surface area (Å²) in [6, 6.07) is 8.12. The molecule has 1 aliphatic heterocycles. The van der Waals surface area contributed by atoms with Crippen LogP contribution in [0.15, 0.2) is 53.4 Å². The molecule has 1 atom stereocenters. The van der Waals surface area contributed by atoms with Gasteiger partial charge in [-0.15, -0.1) is 13.2 Å². The molecule has 3 rings (SSSR count). The smallest absolute Gasteiger partial charge is 0.406 e. The van der Waals surface area contributed by atoms with Gasteiger partial charge in [0.15, 0.2) is 0 Å². The third-order valence-corrected chi connectivity index (χ3v) is 7.71. The molecule has 0 unspecified atom stereocenters. The van der Waals surface area contributed by atoms with E-state index in [1.165, 1.54) is 31.2 Å². The second-order valence-corrected chi connectivity index (χ2v) is 10.3. The number of nitrogens with one attached hydrogen (secondary N) is 1. The Kier molecular flexibility index (Phi) is 8.26. The first-order valence-electron chi connectivity index (χ1n) is 11.0. The van der Waals surface area contributed by atoms with Crippen LogP contribution in [0.3, 0.4) is 0 Å². The molecule has 0 radical (unpaired) electrons. The largest absolute Gasteiger partial charge is 0.573 e. The van der Waals surface area contributed by atoms with Crippen molar-refractivity contribution < 1.29 is 39.9 Å². The molecule has 1 amide bonds. The summed E-state index contributed by atoms with van der Waals surface area (Å²) in [7, 11) is -2.50. The fourth-order valence-electron chi connectivity index (χ4n) is 3.73. The number of piperazine rings is 1. The van der Waals surface area contributed by atoms with Crippen molar-refractivity contribution in [2.45, 2.75) is 43.1 Å². The van der Waals surface area contributed by atoms with Crippen molar-refractivity contribution in [2.75, 3.05) is 26.7 Å². The van der Waals surface area contributed by atoms with Gasteiger partial charge in [-0.25, -0.2) is 17.2 Å². The van der Waals surface area contributed by atoms with Crippen molar-refractivity contribution >= 4 is 15.9 Å². The summed E-state index contributed by atoms with van der Waals surface area (Å²) in [4.78, 5) is 14.5. The molecule has 2 aromatic rings. The Labute approximate surface area is 205 Å². The standard InChI is InChI=1S/C23H26F5N3O4S/c1-3-22(24,25)17-6-4-16(5-7-17)14-29-21(32)20-15-30(2)12-13-31(20)36(33,34)19-10-8-18(9-11-19)35-23(26,27)28/h4-11,20H,3,12-15H2,1-2H3,(H,29,32)/t20-/m1/s1. The van der Waals surface area contributed by atoms with Crippen LogP contribution >= 0.6 is 0 Å². The zero-order valence-corrected chi connectivity index (χ0v) is 20.4. The lowest BCUT2D eigenvalue weighted by molar-refractivity contribution is -0.274. The Bertz CT molecular complexity index is 1160. The summed E-state index contributed by atoms with van der Waals surface area (Å²) >= 11 is 0. The number of benzene rings is 2. The number of alkyl halides is 5.